The minimum absolute atomic E-state index is 0.261. The van der Waals surface area contributed by atoms with E-state index in [1.165, 1.54) is 11.3 Å². The van der Waals surface area contributed by atoms with Crippen molar-refractivity contribution < 1.29 is 14.3 Å². The molecule has 3 rings (SSSR count). The number of methoxy groups -OCH3 is 1. The topological polar surface area (TPSA) is 79.5 Å². The summed E-state index contributed by atoms with van der Waals surface area (Å²) in [6.07, 6.45) is 0. The van der Waals surface area contributed by atoms with E-state index in [1.54, 1.807) is 38.3 Å². The minimum Gasteiger partial charge on any atom is -0.497 e. The molecule has 3 N–H and O–H groups in total. The van der Waals surface area contributed by atoms with Gasteiger partial charge in [0.25, 0.3) is 5.91 Å². The van der Waals surface area contributed by atoms with Crippen molar-refractivity contribution in [1.82, 2.24) is 10.6 Å². The Morgan fingerprint density at radius 2 is 2.00 bits per heavy atom. The van der Waals surface area contributed by atoms with Crippen molar-refractivity contribution in [3.8, 4) is 5.75 Å². The fraction of sp³-hybridized carbons (Fsp3) is 0.176. The molecule has 1 aliphatic rings. The van der Waals surface area contributed by atoms with Gasteiger partial charge in [0.05, 0.1) is 18.7 Å². The van der Waals surface area contributed by atoms with Crippen molar-refractivity contribution >= 4 is 29.0 Å². The average molecular weight is 343 g/mol. The lowest BCUT2D eigenvalue weighted by molar-refractivity contribution is -0.113. The Hall–Kier alpha value is -2.80. The number of carbonyl (C=O) groups is 2. The van der Waals surface area contributed by atoms with Crippen LogP contribution < -0.4 is 20.7 Å². The van der Waals surface area contributed by atoms with Crippen LogP contribution >= 0.6 is 11.3 Å². The van der Waals surface area contributed by atoms with E-state index in [4.69, 9.17) is 4.74 Å². The SMILES string of the molecule is COc1ccc(NC(=O)C2=C(C)NC(=O)N[C@@H]2c2cccs2)cc1. The van der Waals surface area contributed by atoms with Gasteiger partial charge in [-0.15, -0.1) is 11.3 Å². The summed E-state index contributed by atoms with van der Waals surface area (Å²) in [6.45, 7) is 1.72. The Kier molecular flexibility index (Phi) is 4.52. The molecule has 1 atom stereocenters. The van der Waals surface area contributed by atoms with Crippen LogP contribution in [0.25, 0.3) is 0 Å². The van der Waals surface area contributed by atoms with Crippen LogP contribution in [0.1, 0.15) is 17.8 Å². The molecule has 124 valence electrons. The fourth-order valence-corrected chi connectivity index (χ4v) is 3.32. The number of anilines is 1. The second kappa shape index (κ2) is 6.76. The summed E-state index contributed by atoms with van der Waals surface area (Å²) in [7, 11) is 1.59. The van der Waals surface area contributed by atoms with Gasteiger partial charge in [0, 0.05) is 16.3 Å². The Morgan fingerprint density at radius 1 is 1.25 bits per heavy atom. The van der Waals surface area contributed by atoms with E-state index < -0.39 is 6.04 Å². The van der Waals surface area contributed by atoms with E-state index >= 15 is 0 Å². The lowest BCUT2D eigenvalue weighted by Crippen LogP contribution is -2.45. The van der Waals surface area contributed by atoms with Crippen molar-refractivity contribution in [2.24, 2.45) is 0 Å². The van der Waals surface area contributed by atoms with E-state index in [2.05, 4.69) is 16.0 Å². The van der Waals surface area contributed by atoms with Crippen LogP contribution in [0.3, 0.4) is 0 Å². The molecular weight excluding hydrogens is 326 g/mol. The second-order valence-corrected chi connectivity index (χ2v) is 6.25. The first kappa shape index (κ1) is 16.1. The summed E-state index contributed by atoms with van der Waals surface area (Å²) >= 11 is 1.49. The van der Waals surface area contributed by atoms with Gasteiger partial charge in [-0.2, -0.15) is 0 Å². The third-order valence-corrected chi connectivity index (χ3v) is 4.63. The third kappa shape index (κ3) is 3.26. The number of carbonyl (C=O) groups excluding carboxylic acids is 2. The van der Waals surface area contributed by atoms with Gasteiger partial charge < -0.3 is 20.7 Å². The molecule has 7 heteroatoms. The summed E-state index contributed by atoms with van der Waals surface area (Å²) < 4.78 is 5.11. The van der Waals surface area contributed by atoms with Crippen LogP contribution in [0.2, 0.25) is 0 Å². The highest BCUT2D eigenvalue weighted by molar-refractivity contribution is 7.10. The molecule has 2 aromatic rings. The van der Waals surface area contributed by atoms with Gasteiger partial charge in [-0.25, -0.2) is 4.79 Å². The second-order valence-electron chi connectivity index (χ2n) is 5.27. The van der Waals surface area contributed by atoms with Crippen molar-refractivity contribution in [3.05, 3.63) is 57.9 Å². The first-order valence-corrected chi connectivity index (χ1v) is 8.23. The van der Waals surface area contributed by atoms with Crippen molar-refractivity contribution in [1.29, 1.82) is 0 Å². The van der Waals surface area contributed by atoms with E-state index in [0.717, 1.165) is 4.88 Å². The van der Waals surface area contributed by atoms with Crippen molar-refractivity contribution in [2.45, 2.75) is 13.0 Å². The standard InChI is InChI=1S/C17H17N3O3S/c1-10-14(15(20-17(22)18-10)13-4-3-9-24-13)16(21)19-11-5-7-12(23-2)8-6-11/h3-9,15H,1-2H3,(H,19,21)(H2,18,20,22)/t15-/m1/s1. The monoisotopic (exact) mass is 343 g/mol. The van der Waals surface area contributed by atoms with Crippen LogP contribution in [-0.4, -0.2) is 19.0 Å². The maximum absolute atomic E-state index is 12.8. The van der Waals surface area contributed by atoms with Crippen molar-refractivity contribution in [2.75, 3.05) is 12.4 Å². The van der Waals surface area contributed by atoms with Gasteiger partial charge in [0.1, 0.15) is 5.75 Å². The van der Waals surface area contributed by atoms with E-state index in [9.17, 15) is 9.59 Å². The molecule has 1 aromatic carbocycles. The summed E-state index contributed by atoms with van der Waals surface area (Å²) in [4.78, 5) is 25.4. The average Bonchev–Trinajstić information content (AvgIpc) is 3.09. The van der Waals surface area contributed by atoms with Gasteiger partial charge in [0.2, 0.25) is 0 Å². The quantitative estimate of drug-likeness (QED) is 0.798. The number of amides is 3. The van der Waals surface area contributed by atoms with E-state index in [1.807, 2.05) is 17.5 Å². The number of nitrogens with one attached hydrogen (secondary N) is 3. The number of hydrogen-bond acceptors (Lipinski definition) is 4. The molecule has 1 aliphatic heterocycles. The maximum atomic E-state index is 12.8. The molecule has 2 heterocycles. The molecule has 0 saturated heterocycles. The number of rotatable bonds is 4. The van der Waals surface area contributed by atoms with E-state index in [0.29, 0.717) is 22.7 Å². The zero-order valence-electron chi connectivity index (χ0n) is 13.3. The molecule has 3 amide bonds. The van der Waals surface area contributed by atoms with Gasteiger partial charge in [-0.1, -0.05) is 6.07 Å². The molecule has 0 fully saturated rings. The molecule has 0 saturated carbocycles. The predicted octanol–water partition coefficient (Wildman–Crippen LogP) is 3.02. The third-order valence-electron chi connectivity index (χ3n) is 3.69. The molecule has 24 heavy (non-hydrogen) atoms. The van der Waals surface area contributed by atoms with Crippen LogP contribution in [0.15, 0.2) is 53.0 Å². The summed E-state index contributed by atoms with van der Waals surface area (Å²) in [5.74, 6) is 0.454. The molecule has 1 aromatic heterocycles. The highest BCUT2D eigenvalue weighted by Crippen LogP contribution is 2.30. The number of allylic oxidation sites excluding steroid dienone is 1. The number of urea groups is 1. The lowest BCUT2D eigenvalue weighted by atomic mass is 10.0. The number of ether oxygens (including phenoxy) is 1. The van der Waals surface area contributed by atoms with Gasteiger partial charge >= 0.3 is 6.03 Å². The predicted molar refractivity (Wildman–Crippen MR) is 93.1 cm³/mol. The molecule has 0 bridgehead atoms. The molecule has 0 radical (unpaired) electrons. The minimum atomic E-state index is -0.461. The van der Waals surface area contributed by atoms with Crippen LogP contribution in [0, 0.1) is 0 Å². The normalized spacial score (nSPS) is 17.1. The number of thiophene rings is 1. The first-order valence-electron chi connectivity index (χ1n) is 7.35. The zero-order valence-corrected chi connectivity index (χ0v) is 14.1. The van der Waals surface area contributed by atoms with Gasteiger partial charge in [-0.3, -0.25) is 4.79 Å². The largest absolute Gasteiger partial charge is 0.497 e. The summed E-state index contributed by atoms with van der Waals surface area (Å²) in [5.41, 5.74) is 1.69. The molecular formula is C17H17N3O3S. The highest BCUT2D eigenvalue weighted by atomic mass is 32.1. The molecule has 0 aliphatic carbocycles. The van der Waals surface area contributed by atoms with Crippen LogP contribution in [-0.2, 0) is 4.79 Å². The summed E-state index contributed by atoms with van der Waals surface area (Å²) in [6, 6.07) is 10.1. The Bertz CT molecular complexity index is 782. The Balaban J connectivity index is 1.87. The van der Waals surface area contributed by atoms with Crippen molar-refractivity contribution in [3.63, 3.8) is 0 Å². The molecule has 0 unspecified atom stereocenters. The zero-order chi connectivity index (χ0) is 17.1. The Morgan fingerprint density at radius 3 is 2.62 bits per heavy atom. The van der Waals surface area contributed by atoms with E-state index in [-0.39, 0.29) is 11.9 Å². The van der Waals surface area contributed by atoms with Crippen LogP contribution in [0.5, 0.6) is 5.75 Å². The number of benzene rings is 1. The molecule has 0 spiro atoms. The summed E-state index contributed by atoms with van der Waals surface area (Å²) in [5, 5.41) is 10.2. The van der Waals surface area contributed by atoms with Gasteiger partial charge in [-0.05, 0) is 42.6 Å². The number of hydrogen-bond donors (Lipinski definition) is 3. The highest BCUT2D eigenvalue weighted by Gasteiger charge is 2.31. The Labute approximate surface area is 143 Å². The first-order chi connectivity index (χ1) is 11.6. The smallest absolute Gasteiger partial charge is 0.319 e. The lowest BCUT2D eigenvalue weighted by Gasteiger charge is -2.27. The maximum Gasteiger partial charge on any atom is 0.319 e. The van der Waals surface area contributed by atoms with Crippen LogP contribution in [0.4, 0.5) is 10.5 Å². The fourth-order valence-electron chi connectivity index (χ4n) is 2.54. The van der Waals surface area contributed by atoms with Gasteiger partial charge in [0.15, 0.2) is 0 Å². The molecule has 6 nitrogen and oxygen atoms in total.